The quantitative estimate of drug-likeness (QED) is 0.878. The molecular formula is C14H17N3O3S. The van der Waals surface area contributed by atoms with Crippen LogP contribution in [0.15, 0.2) is 18.3 Å². The largest absolute Gasteiger partial charge is 0.465 e. The van der Waals surface area contributed by atoms with Gasteiger partial charge in [-0.05, 0) is 26.0 Å². The number of methoxy groups -OCH3 is 1. The average molecular weight is 307 g/mol. The van der Waals surface area contributed by atoms with Crippen LogP contribution in [0.25, 0.3) is 0 Å². The summed E-state index contributed by atoms with van der Waals surface area (Å²) in [5.74, 6) is -0.652. The second-order valence-corrected chi connectivity index (χ2v) is 5.74. The molecule has 21 heavy (non-hydrogen) atoms. The Morgan fingerprint density at radius 3 is 2.62 bits per heavy atom. The monoisotopic (exact) mass is 307 g/mol. The number of thiophene rings is 1. The summed E-state index contributed by atoms with van der Waals surface area (Å²) in [5, 5.41) is 7.07. The molecule has 2 aromatic rings. The van der Waals surface area contributed by atoms with Gasteiger partial charge in [0.25, 0.3) is 5.91 Å². The number of rotatable bonds is 4. The summed E-state index contributed by atoms with van der Waals surface area (Å²) in [6, 6.07) is 3.05. The highest BCUT2D eigenvalue weighted by Crippen LogP contribution is 2.20. The van der Waals surface area contributed by atoms with E-state index in [9.17, 15) is 9.59 Å². The van der Waals surface area contributed by atoms with Crippen molar-refractivity contribution in [3.8, 4) is 0 Å². The molecule has 2 heterocycles. The summed E-state index contributed by atoms with van der Waals surface area (Å²) in [6.07, 6.45) is 1.74. The van der Waals surface area contributed by atoms with Gasteiger partial charge in [0.05, 0.1) is 24.2 Å². The number of aromatic nitrogens is 2. The van der Waals surface area contributed by atoms with Crippen LogP contribution in [-0.2, 0) is 11.8 Å². The third-order valence-electron chi connectivity index (χ3n) is 3.30. The fraction of sp³-hybridized carbons (Fsp3) is 0.357. The van der Waals surface area contributed by atoms with Gasteiger partial charge in [0.15, 0.2) is 0 Å². The Bertz CT molecular complexity index is 675. The predicted molar refractivity (Wildman–Crippen MR) is 79.5 cm³/mol. The van der Waals surface area contributed by atoms with Crippen LogP contribution < -0.4 is 5.32 Å². The van der Waals surface area contributed by atoms with Gasteiger partial charge in [0, 0.05) is 18.3 Å². The first-order valence-electron chi connectivity index (χ1n) is 6.41. The number of nitrogens with one attached hydrogen (secondary N) is 1. The van der Waals surface area contributed by atoms with Crippen LogP contribution in [0.5, 0.6) is 0 Å². The van der Waals surface area contributed by atoms with E-state index >= 15 is 0 Å². The van der Waals surface area contributed by atoms with Crippen molar-refractivity contribution in [2.75, 3.05) is 7.11 Å². The van der Waals surface area contributed by atoms with Gasteiger partial charge in [-0.3, -0.25) is 9.48 Å². The molecule has 0 bridgehead atoms. The molecule has 1 N–H and O–H groups in total. The van der Waals surface area contributed by atoms with E-state index in [1.807, 2.05) is 20.9 Å². The molecule has 2 rings (SSSR count). The third-order valence-corrected chi connectivity index (χ3v) is 4.37. The van der Waals surface area contributed by atoms with Crippen molar-refractivity contribution in [3.63, 3.8) is 0 Å². The zero-order chi connectivity index (χ0) is 15.6. The van der Waals surface area contributed by atoms with E-state index in [0.29, 0.717) is 9.75 Å². The van der Waals surface area contributed by atoms with Crippen molar-refractivity contribution in [1.29, 1.82) is 0 Å². The van der Waals surface area contributed by atoms with Crippen molar-refractivity contribution < 1.29 is 14.3 Å². The molecule has 0 saturated heterocycles. The first-order valence-corrected chi connectivity index (χ1v) is 7.23. The summed E-state index contributed by atoms with van der Waals surface area (Å²) in [4.78, 5) is 24.5. The van der Waals surface area contributed by atoms with Crippen molar-refractivity contribution in [3.05, 3.63) is 39.3 Å². The number of carbonyl (C=O) groups excluding carboxylic acids is 2. The fourth-order valence-corrected chi connectivity index (χ4v) is 2.78. The SMILES string of the molecule is COC(=O)c1ccc(C(=O)NC(C)c2cnn(C)c2C)s1. The smallest absolute Gasteiger partial charge is 0.348 e. The minimum Gasteiger partial charge on any atom is -0.465 e. The number of aryl methyl sites for hydroxylation is 1. The van der Waals surface area contributed by atoms with E-state index in [1.165, 1.54) is 7.11 Å². The molecule has 0 spiro atoms. The lowest BCUT2D eigenvalue weighted by Gasteiger charge is -2.12. The van der Waals surface area contributed by atoms with Crippen LogP contribution in [0.1, 0.15) is 43.6 Å². The Morgan fingerprint density at radius 1 is 1.38 bits per heavy atom. The Hall–Kier alpha value is -2.15. The zero-order valence-corrected chi connectivity index (χ0v) is 13.2. The van der Waals surface area contributed by atoms with Crippen molar-refractivity contribution in [2.45, 2.75) is 19.9 Å². The fourth-order valence-electron chi connectivity index (χ4n) is 1.96. The summed E-state index contributed by atoms with van der Waals surface area (Å²) < 4.78 is 6.39. The van der Waals surface area contributed by atoms with Crippen LogP contribution in [0.4, 0.5) is 0 Å². The third kappa shape index (κ3) is 3.13. The molecule has 1 unspecified atom stereocenters. The van der Waals surface area contributed by atoms with Gasteiger partial charge in [-0.15, -0.1) is 11.3 Å². The molecule has 2 aromatic heterocycles. The van der Waals surface area contributed by atoms with Gasteiger partial charge >= 0.3 is 5.97 Å². The van der Waals surface area contributed by atoms with E-state index in [4.69, 9.17) is 0 Å². The number of ether oxygens (including phenoxy) is 1. The molecule has 6 nitrogen and oxygen atoms in total. The number of esters is 1. The normalized spacial score (nSPS) is 12.0. The molecule has 0 fully saturated rings. The molecule has 112 valence electrons. The number of hydrogen-bond acceptors (Lipinski definition) is 5. The van der Waals surface area contributed by atoms with Crippen LogP contribution in [0.2, 0.25) is 0 Å². The lowest BCUT2D eigenvalue weighted by molar-refractivity contribution is 0.0606. The zero-order valence-electron chi connectivity index (χ0n) is 12.3. The lowest BCUT2D eigenvalue weighted by atomic mass is 10.1. The predicted octanol–water partition coefficient (Wildman–Crippen LogP) is 2.07. The van der Waals surface area contributed by atoms with E-state index in [-0.39, 0.29) is 11.9 Å². The minimum absolute atomic E-state index is 0.158. The number of carbonyl (C=O) groups is 2. The first kappa shape index (κ1) is 15.2. The van der Waals surface area contributed by atoms with E-state index in [1.54, 1.807) is 23.0 Å². The van der Waals surface area contributed by atoms with E-state index < -0.39 is 5.97 Å². The summed E-state index contributed by atoms with van der Waals surface area (Å²) >= 11 is 1.11. The topological polar surface area (TPSA) is 73.2 Å². The number of amides is 1. The van der Waals surface area contributed by atoms with Crippen molar-refractivity contribution in [1.82, 2.24) is 15.1 Å². The maximum absolute atomic E-state index is 12.2. The van der Waals surface area contributed by atoms with Crippen molar-refractivity contribution >= 4 is 23.2 Å². The summed E-state index contributed by atoms with van der Waals surface area (Å²) in [6.45, 7) is 3.85. The van der Waals surface area contributed by atoms with Crippen LogP contribution in [0, 0.1) is 6.92 Å². The van der Waals surface area contributed by atoms with Gasteiger partial charge in [0.1, 0.15) is 4.88 Å². The molecule has 0 aliphatic heterocycles. The molecule has 1 amide bonds. The van der Waals surface area contributed by atoms with Crippen LogP contribution in [-0.4, -0.2) is 28.8 Å². The van der Waals surface area contributed by atoms with Gasteiger partial charge < -0.3 is 10.1 Å². The highest BCUT2D eigenvalue weighted by molar-refractivity contribution is 7.15. The van der Waals surface area contributed by atoms with Crippen LogP contribution in [0.3, 0.4) is 0 Å². The molecule has 1 atom stereocenters. The first-order chi connectivity index (χ1) is 9.93. The van der Waals surface area contributed by atoms with Crippen LogP contribution >= 0.6 is 11.3 Å². The molecule has 0 aromatic carbocycles. The Morgan fingerprint density at radius 2 is 2.05 bits per heavy atom. The molecule has 0 aliphatic carbocycles. The van der Waals surface area contributed by atoms with Gasteiger partial charge in [-0.2, -0.15) is 5.10 Å². The van der Waals surface area contributed by atoms with Crippen molar-refractivity contribution in [2.24, 2.45) is 7.05 Å². The molecular weight excluding hydrogens is 290 g/mol. The van der Waals surface area contributed by atoms with Gasteiger partial charge in [0.2, 0.25) is 0 Å². The highest BCUT2D eigenvalue weighted by atomic mass is 32.1. The number of nitrogens with zero attached hydrogens (tertiary/aromatic N) is 2. The standard InChI is InChI=1S/C14H17N3O3S/c1-8(10-7-15-17(3)9(10)2)16-13(18)11-5-6-12(21-11)14(19)20-4/h5-8H,1-4H3,(H,16,18). The average Bonchev–Trinajstić information content (AvgIpc) is 3.06. The molecule has 0 aliphatic rings. The van der Waals surface area contributed by atoms with Gasteiger partial charge in [-0.1, -0.05) is 0 Å². The molecule has 7 heteroatoms. The van der Waals surface area contributed by atoms with E-state index in [0.717, 1.165) is 22.6 Å². The second kappa shape index (κ2) is 6.09. The number of hydrogen-bond donors (Lipinski definition) is 1. The maximum Gasteiger partial charge on any atom is 0.348 e. The minimum atomic E-state index is -0.435. The Balaban J connectivity index is 2.09. The molecule has 0 saturated carbocycles. The summed E-state index contributed by atoms with van der Waals surface area (Å²) in [7, 11) is 3.17. The Kier molecular flexibility index (Phi) is 4.42. The molecule has 0 radical (unpaired) electrons. The van der Waals surface area contributed by atoms with Gasteiger partial charge in [-0.25, -0.2) is 4.79 Å². The maximum atomic E-state index is 12.2. The second-order valence-electron chi connectivity index (χ2n) is 4.66. The lowest BCUT2D eigenvalue weighted by Crippen LogP contribution is -2.26. The highest BCUT2D eigenvalue weighted by Gasteiger charge is 2.18. The Labute approximate surface area is 126 Å². The van der Waals surface area contributed by atoms with E-state index in [2.05, 4.69) is 15.2 Å². The summed E-state index contributed by atoms with van der Waals surface area (Å²) in [5.41, 5.74) is 1.97.